The minimum atomic E-state index is -2.66. The molecule has 0 saturated carbocycles. The highest BCUT2D eigenvalue weighted by atomic mass is 79.9. The van der Waals surface area contributed by atoms with Gasteiger partial charge in [-0.15, -0.1) is 17.0 Å². The first-order chi connectivity index (χ1) is 10.6. The van der Waals surface area contributed by atoms with E-state index in [9.17, 15) is 13.6 Å². The highest BCUT2D eigenvalue weighted by Crippen LogP contribution is 2.18. The van der Waals surface area contributed by atoms with Gasteiger partial charge in [-0.3, -0.25) is 4.79 Å². The minimum Gasteiger partial charge on any atom is -0.290 e. The van der Waals surface area contributed by atoms with E-state index in [-0.39, 0.29) is 29.3 Å². The number of para-hydroxylation sites is 2. The predicted octanol–water partition coefficient (Wildman–Crippen LogP) is 4.44. The smallest absolute Gasteiger partial charge is 0.290 e. The van der Waals surface area contributed by atoms with Crippen LogP contribution in [-0.2, 0) is 6.54 Å². The topological polar surface area (TPSA) is 25.9 Å². The summed E-state index contributed by atoms with van der Waals surface area (Å²) in [5.41, 5.74) is 1.47. The second kappa shape index (κ2) is 7.19. The summed E-state index contributed by atoms with van der Waals surface area (Å²) in [6, 6.07) is 13.3. The number of alkyl halides is 2. The van der Waals surface area contributed by atoms with Gasteiger partial charge in [0.05, 0.1) is 0 Å². The number of carbonyl (C=O) groups excluding carboxylic acids is 1. The zero-order chi connectivity index (χ0) is 15.7. The van der Waals surface area contributed by atoms with Crippen molar-refractivity contribution in [3.05, 3.63) is 65.4 Å². The lowest BCUT2D eigenvalue weighted by Crippen LogP contribution is -2.36. The Kier molecular flexibility index (Phi) is 5.49. The van der Waals surface area contributed by atoms with Crippen LogP contribution in [0.4, 0.5) is 8.78 Å². The third-order valence-corrected chi connectivity index (χ3v) is 3.68. The summed E-state index contributed by atoms with van der Waals surface area (Å²) in [5.74, 6) is -0.168. The third kappa shape index (κ3) is 3.59. The van der Waals surface area contributed by atoms with Crippen LogP contribution in [-0.4, -0.2) is 10.4 Å². The van der Waals surface area contributed by atoms with E-state index in [1.54, 1.807) is 48.5 Å². The Morgan fingerprint density at radius 1 is 1.13 bits per heavy atom. The number of Topliss-reactive ketones (excluding diaryl/α,β-unsaturated/α-hetero) is 1. The van der Waals surface area contributed by atoms with Crippen molar-refractivity contribution < 1.29 is 18.1 Å². The number of imidazole rings is 1. The Balaban J connectivity index is 0.00000192. The second-order valence-electron chi connectivity index (χ2n) is 4.85. The van der Waals surface area contributed by atoms with Crippen molar-refractivity contribution in [2.75, 3.05) is 0 Å². The molecule has 3 aromatic rings. The van der Waals surface area contributed by atoms with E-state index in [1.165, 1.54) is 10.9 Å². The summed E-state index contributed by atoms with van der Waals surface area (Å²) in [6.07, 6.45) is 1.27. The molecule has 0 atom stereocenters. The van der Waals surface area contributed by atoms with Gasteiger partial charge in [0.1, 0.15) is 0 Å². The van der Waals surface area contributed by atoms with Gasteiger partial charge in [0.2, 0.25) is 12.1 Å². The van der Waals surface area contributed by atoms with Gasteiger partial charge in [0.25, 0.3) is 0 Å². The Bertz CT molecular complexity index is 834. The molecule has 3 rings (SSSR count). The van der Waals surface area contributed by atoms with E-state index < -0.39 is 6.55 Å². The van der Waals surface area contributed by atoms with Crippen molar-refractivity contribution in [3.8, 4) is 0 Å². The Hall–Kier alpha value is -1.79. The lowest BCUT2D eigenvalue weighted by atomic mass is 10.1. The van der Waals surface area contributed by atoms with Crippen molar-refractivity contribution in [1.82, 2.24) is 4.57 Å². The van der Waals surface area contributed by atoms with Crippen LogP contribution in [0.5, 0.6) is 0 Å². The maximum Gasteiger partial charge on any atom is 0.387 e. The van der Waals surface area contributed by atoms with Gasteiger partial charge in [-0.1, -0.05) is 23.7 Å². The Labute approximate surface area is 146 Å². The fourth-order valence-corrected chi connectivity index (χ4v) is 2.49. The highest BCUT2D eigenvalue weighted by Gasteiger charge is 2.23. The Morgan fingerprint density at radius 3 is 2.43 bits per heavy atom. The lowest BCUT2D eigenvalue weighted by molar-refractivity contribution is -0.658. The van der Waals surface area contributed by atoms with E-state index in [4.69, 9.17) is 11.6 Å². The fraction of sp³-hybridized carbons (Fsp3) is 0.125. The SMILES string of the molecule is Br.O=C(C[n+]1cn(C(F)F)c2ccccc21)c1ccc(Cl)cc1. The number of nitrogens with zero attached hydrogens (tertiary/aromatic N) is 2. The molecule has 0 saturated heterocycles. The van der Waals surface area contributed by atoms with Crippen LogP contribution in [0, 0.1) is 0 Å². The average molecular weight is 403 g/mol. The summed E-state index contributed by atoms with van der Waals surface area (Å²) < 4.78 is 28.5. The molecule has 1 aromatic heterocycles. The molecular formula is C16H13BrClF2N2O+. The lowest BCUT2D eigenvalue weighted by Gasteiger charge is -1.99. The molecule has 0 bridgehead atoms. The van der Waals surface area contributed by atoms with Crippen molar-refractivity contribution in [2.24, 2.45) is 0 Å². The first kappa shape index (κ1) is 17.6. The monoisotopic (exact) mass is 401 g/mol. The molecule has 0 unspecified atom stereocenters. The van der Waals surface area contributed by atoms with Crippen molar-refractivity contribution in [2.45, 2.75) is 13.1 Å². The number of rotatable bonds is 4. The van der Waals surface area contributed by atoms with Crippen molar-refractivity contribution in [1.29, 1.82) is 0 Å². The summed E-state index contributed by atoms with van der Waals surface area (Å²) >= 11 is 5.79. The van der Waals surface area contributed by atoms with Crippen LogP contribution in [0.15, 0.2) is 54.9 Å². The van der Waals surface area contributed by atoms with Crippen LogP contribution in [0.25, 0.3) is 11.0 Å². The highest BCUT2D eigenvalue weighted by molar-refractivity contribution is 8.93. The number of carbonyl (C=O) groups is 1. The van der Waals surface area contributed by atoms with Crippen LogP contribution >= 0.6 is 28.6 Å². The first-order valence-corrected chi connectivity index (χ1v) is 7.00. The summed E-state index contributed by atoms with van der Waals surface area (Å²) in [4.78, 5) is 12.3. The zero-order valence-electron chi connectivity index (χ0n) is 11.8. The van der Waals surface area contributed by atoms with E-state index in [2.05, 4.69) is 0 Å². The maximum absolute atomic E-state index is 13.1. The van der Waals surface area contributed by atoms with Gasteiger partial charge in [0, 0.05) is 10.6 Å². The molecule has 0 N–H and O–H groups in total. The molecule has 0 radical (unpaired) electrons. The normalized spacial score (nSPS) is 10.8. The van der Waals surface area contributed by atoms with Gasteiger partial charge in [-0.25, -0.2) is 4.57 Å². The van der Waals surface area contributed by atoms with E-state index in [0.29, 0.717) is 21.6 Å². The molecule has 120 valence electrons. The molecule has 0 spiro atoms. The van der Waals surface area contributed by atoms with Gasteiger partial charge in [-0.2, -0.15) is 13.3 Å². The average Bonchev–Trinajstić information content (AvgIpc) is 2.87. The number of hydrogen-bond acceptors (Lipinski definition) is 1. The number of aromatic nitrogens is 2. The molecule has 0 aliphatic rings. The van der Waals surface area contributed by atoms with E-state index in [1.807, 2.05) is 0 Å². The van der Waals surface area contributed by atoms with Crippen LogP contribution in [0.1, 0.15) is 16.9 Å². The summed E-state index contributed by atoms with van der Waals surface area (Å²) in [7, 11) is 0. The molecule has 2 aromatic carbocycles. The largest absolute Gasteiger partial charge is 0.387 e. The maximum atomic E-state index is 13.1. The third-order valence-electron chi connectivity index (χ3n) is 3.42. The van der Waals surface area contributed by atoms with Crippen molar-refractivity contribution >= 4 is 45.4 Å². The quantitative estimate of drug-likeness (QED) is 0.468. The van der Waals surface area contributed by atoms with Gasteiger partial charge in [-0.05, 0) is 36.4 Å². The molecule has 23 heavy (non-hydrogen) atoms. The predicted molar refractivity (Wildman–Crippen MR) is 89.5 cm³/mol. The molecule has 3 nitrogen and oxygen atoms in total. The molecule has 7 heteroatoms. The molecule has 0 fully saturated rings. The fourth-order valence-electron chi connectivity index (χ4n) is 2.36. The minimum absolute atomic E-state index is 0. The molecule has 0 aliphatic heterocycles. The van der Waals surface area contributed by atoms with Crippen LogP contribution in [0.2, 0.25) is 5.02 Å². The first-order valence-electron chi connectivity index (χ1n) is 6.62. The summed E-state index contributed by atoms with van der Waals surface area (Å²) in [5, 5.41) is 0.540. The van der Waals surface area contributed by atoms with E-state index >= 15 is 0 Å². The van der Waals surface area contributed by atoms with Gasteiger partial charge < -0.3 is 0 Å². The van der Waals surface area contributed by atoms with Gasteiger partial charge >= 0.3 is 6.55 Å². The molecule has 1 heterocycles. The number of fused-ring (bicyclic) bond motifs is 1. The molecule has 0 aliphatic carbocycles. The Morgan fingerprint density at radius 2 is 1.78 bits per heavy atom. The summed E-state index contributed by atoms with van der Waals surface area (Å²) in [6.45, 7) is -2.67. The molecular weight excluding hydrogens is 390 g/mol. The van der Waals surface area contributed by atoms with E-state index in [0.717, 1.165) is 4.57 Å². The number of benzene rings is 2. The molecule has 0 amide bonds. The number of ketones is 1. The number of hydrogen-bond donors (Lipinski definition) is 0. The van der Waals surface area contributed by atoms with Crippen molar-refractivity contribution in [3.63, 3.8) is 0 Å². The standard InChI is InChI=1S/C16H12ClF2N2O.BrH/c17-12-7-5-11(6-8-12)15(22)9-20-10-21(16(18)19)14-4-2-1-3-13(14)20;/h1-8,10,16H,9H2;1H/q+1;. The van der Waals surface area contributed by atoms with Gasteiger partial charge in [0.15, 0.2) is 17.6 Å². The second-order valence-corrected chi connectivity index (χ2v) is 5.28. The van der Waals surface area contributed by atoms with Crippen LogP contribution < -0.4 is 4.57 Å². The number of halogens is 4. The van der Waals surface area contributed by atoms with Crippen LogP contribution in [0.3, 0.4) is 0 Å². The zero-order valence-corrected chi connectivity index (χ0v) is 14.3.